The summed E-state index contributed by atoms with van der Waals surface area (Å²) in [6, 6.07) is 5.69. The number of rotatable bonds is 4. The number of ether oxygens (including phenoxy) is 1. The van der Waals surface area contributed by atoms with Gasteiger partial charge < -0.3 is 4.74 Å². The summed E-state index contributed by atoms with van der Waals surface area (Å²) in [4.78, 5) is 28.1. The van der Waals surface area contributed by atoms with Crippen molar-refractivity contribution >= 4 is 28.3 Å². The van der Waals surface area contributed by atoms with Crippen molar-refractivity contribution in [2.45, 2.75) is 13.3 Å². The number of esters is 1. The first-order valence-electron chi connectivity index (χ1n) is 6.10. The van der Waals surface area contributed by atoms with E-state index in [1.54, 1.807) is 13.0 Å². The molecule has 1 N–H and O–H groups in total. The van der Waals surface area contributed by atoms with E-state index in [2.05, 4.69) is 15.0 Å². The number of amides is 1. The topological polar surface area (TPSA) is 68.3 Å². The number of benzene rings is 1. The van der Waals surface area contributed by atoms with Crippen LogP contribution in [0.25, 0.3) is 0 Å². The van der Waals surface area contributed by atoms with Gasteiger partial charge in [0, 0.05) is 4.88 Å². The number of nitrogens with one attached hydrogen (secondary N) is 1. The van der Waals surface area contributed by atoms with E-state index in [0.29, 0.717) is 15.7 Å². The molecular formula is C14H13FN2O3S. The number of anilines is 1. The third-order valence-corrected chi connectivity index (χ3v) is 3.84. The van der Waals surface area contributed by atoms with Crippen molar-refractivity contribution in [3.05, 3.63) is 46.2 Å². The van der Waals surface area contributed by atoms with Gasteiger partial charge >= 0.3 is 5.97 Å². The van der Waals surface area contributed by atoms with Crippen molar-refractivity contribution in [1.82, 2.24) is 4.98 Å². The zero-order valence-electron chi connectivity index (χ0n) is 11.5. The summed E-state index contributed by atoms with van der Waals surface area (Å²) in [6.45, 7) is 1.73. The van der Waals surface area contributed by atoms with Crippen molar-refractivity contribution in [2.24, 2.45) is 0 Å². The number of methoxy groups -OCH3 is 1. The molecule has 2 aromatic rings. The second-order valence-corrected chi connectivity index (χ2v) is 5.30. The molecule has 7 heteroatoms. The van der Waals surface area contributed by atoms with Crippen LogP contribution < -0.4 is 5.32 Å². The summed E-state index contributed by atoms with van der Waals surface area (Å²) in [5.74, 6) is -1.56. The predicted octanol–water partition coefficient (Wildman–Crippen LogP) is 2.56. The van der Waals surface area contributed by atoms with Crippen LogP contribution in [0.15, 0.2) is 24.3 Å². The van der Waals surface area contributed by atoms with Gasteiger partial charge in [0.2, 0.25) is 0 Å². The van der Waals surface area contributed by atoms with Crippen LogP contribution in [0, 0.1) is 12.7 Å². The van der Waals surface area contributed by atoms with Gasteiger partial charge in [0.1, 0.15) is 5.82 Å². The molecule has 2 rings (SSSR count). The molecule has 1 heterocycles. The summed E-state index contributed by atoms with van der Waals surface area (Å²) < 4.78 is 18.1. The van der Waals surface area contributed by atoms with E-state index in [9.17, 15) is 14.0 Å². The number of hydrogen-bond donors (Lipinski definition) is 1. The minimum atomic E-state index is -0.599. The standard InChI is InChI=1S/C14H13FN2O3S/c1-8-11(7-12(18)20-2)21-14(16-8)17-13(19)9-5-3-4-6-10(9)15/h3-6H,7H2,1-2H3,(H,16,17,19). The quantitative estimate of drug-likeness (QED) is 0.881. The molecule has 0 unspecified atom stereocenters. The van der Waals surface area contributed by atoms with Crippen LogP contribution in [0.1, 0.15) is 20.9 Å². The maximum absolute atomic E-state index is 13.5. The average Bonchev–Trinajstić information content (AvgIpc) is 2.78. The molecule has 1 aromatic heterocycles. The Hall–Kier alpha value is -2.28. The molecule has 0 spiro atoms. The van der Waals surface area contributed by atoms with Crippen LogP contribution in [0.4, 0.5) is 9.52 Å². The van der Waals surface area contributed by atoms with Crippen molar-refractivity contribution in [3.63, 3.8) is 0 Å². The summed E-state index contributed by atoms with van der Waals surface area (Å²) in [7, 11) is 1.31. The number of aromatic nitrogens is 1. The largest absolute Gasteiger partial charge is 0.469 e. The Balaban J connectivity index is 2.14. The number of nitrogens with zero attached hydrogens (tertiary/aromatic N) is 1. The highest BCUT2D eigenvalue weighted by atomic mass is 32.1. The van der Waals surface area contributed by atoms with Crippen molar-refractivity contribution in [1.29, 1.82) is 0 Å². The molecule has 0 bridgehead atoms. The first kappa shape index (κ1) is 15.1. The molecule has 1 aromatic carbocycles. The van der Waals surface area contributed by atoms with Gasteiger partial charge in [-0.1, -0.05) is 12.1 Å². The van der Waals surface area contributed by atoms with Gasteiger partial charge in [-0.3, -0.25) is 14.9 Å². The normalized spacial score (nSPS) is 10.2. The highest BCUT2D eigenvalue weighted by Gasteiger charge is 2.16. The second-order valence-electron chi connectivity index (χ2n) is 4.21. The Bertz CT molecular complexity index is 685. The highest BCUT2D eigenvalue weighted by Crippen LogP contribution is 2.24. The van der Waals surface area contributed by atoms with Crippen LogP contribution >= 0.6 is 11.3 Å². The summed E-state index contributed by atoms with van der Waals surface area (Å²) >= 11 is 1.17. The minimum absolute atomic E-state index is 0.0557. The minimum Gasteiger partial charge on any atom is -0.469 e. The lowest BCUT2D eigenvalue weighted by Crippen LogP contribution is -2.13. The maximum Gasteiger partial charge on any atom is 0.310 e. The van der Waals surface area contributed by atoms with Gasteiger partial charge in [0.25, 0.3) is 5.91 Å². The first-order valence-corrected chi connectivity index (χ1v) is 6.92. The number of carbonyl (C=O) groups is 2. The molecule has 110 valence electrons. The number of hydrogen-bond acceptors (Lipinski definition) is 5. The number of aryl methyl sites for hydroxylation is 1. The number of halogens is 1. The summed E-state index contributed by atoms with van der Waals surface area (Å²) in [5, 5.41) is 2.85. The Kier molecular flexibility index (Phi) is 4.64. The molecule has 0 aliphatic heterocycles. The lowest BCUT2D eigenvalue weighted by molar-refractivity contribution is -0.139. The van der Waals surface area contributed by atoms with E-state index >= 15 is 0 Å². The zero-order chi connectivity index (χ0) is 15.4. The molecule has 0 aliphatic carbocycles. The van der Waals surface area contributed by atoms with Crippen LogP contribution in [0.2, 0.25) is 0 Å². The molecule has 1 amide bonds. The molecule has 5 nitrogen and oxygen atoms in total. The molecule has 0 saturated carbocycles. The first-order chi connectivity index (χ1) is 10.0. The van der Waals surface area contributed by atoms with Gasteiger partial charge in [-0.05, 0) is 19.1 Å². The van der Waals surface area contributed by atoms with Gasteiger partial charge in [-0.2, -0.15) is 0 Å². The number of carbonyl (C=O) groups excluding carboxylic acids is 2. The third-order valence-electron chi connectivity index (χ3n) is 2.76. The fourth-order valence-corrected chi connectivity index (χ4v) is 2.60. The van der Waals surface area contributed by atoms with Crippen molar-refractivity contribution in [2.75, 3.05) is 12.4 Å². The lowest BCUT2D eigenvalue weighted by Gasteiger charge is -2.02. The smallest absolute Gasteiger partial charge is 0.310 e. The molecule has 0 fully saturated rings. The van der Waals surface area contributed by atoms with Gasteiger partial charge in [0.05, 0.1) is 24.8 Å². The van der Waals surface area contributed by atoms with E-state index in [1.165, 1.54) is 36.6 Å². The maximum atomic E-state index is 13.5. The van der Waals surface area contributed by atoms with Gasteiger partial charge in [-0.15, -0.1) is 11.3 Å². The van der Waals surface area contributed by atoms with Gasteiger partial charge in [0.15, 0.2) is 5.13 Å². The Labute approximate surface area is 124 Å². The zero-order valence-corrected chi connectivity index (χ0v) is 12.3. The average molecular weight is 308 g/mol. The molecule has 21 heavy (non-hydrogen) atoms. The van der Waals surface area contributed by atoms with E-state index in [1.807, 2.05) is 0 Å². The Morgan fingerprint density at radius 3 is 2.76 bits per heavy atom. The van der Waals surface area contributed by atoms with E-state index < -0.39 is 11.7 Å². The van der Waals surface area contributed by atoms with Crippen LogP contribution in [0.5, 0.6) is 0 Å². The van der Waals surface area contributed by atoms with Crippen molar-refractivity contribution < 1.29 is 18.7 Å². The molecule has 0 atom stereocenters. The number of thiazole rings is 1. The fraction of sp³-hybridized carbons (Fsp3) is 0.214. The fourth-order valence-electron chi connectivity index (χ4n) is 1.66. The molecule has 0 aliphatic rings. The molecule has 0 radical (unpaired) electrons. The van der Waals surface area contributed by atoms with E-state index in [0.717, 1.165) is 0 Å². The predicted molar refractivity (Wildman–Crippen MR) is 76.9 cm³/mol. The van der Waals surface area contributed by atoms with Crippen LogP contribution in [-0.2, 0) is 16.0 Å². The monoisotopic (exact) mass is 308 g/mol. The Morgan fingerprint density at radius 1 is 1.38 bits per heavy atom. The Morgan fingerprint density at radius 2 is 2.10 bits per heavy atom. The van der Waals surface area contributed by atoms with E-state index in [-0.39, 0.29) is 18.0 Å². The van der Waals surface area contributed by atoms with Gasteiger partial charge in [-0.25, -0.2) is 9.37 Å². The highest BCUT2D eigenvalue weighted by molar-refractivity contribution is 7.16. The lowest BCUT2D eigenvalue weighted by atomic mass is 10.2. The SMILES string of the molecule is COC(=O)Cc1sc(NC(=O)c2ccccc2F)nc1C. The summed E-state index contributed by atoms with van der Waals surface area (Å²) in [6.07, 6.45) is 0.0928. The molecule has 0 saturated heterocycles. The third kappa shape index (κ3) is 3.63. The summed E-state index contributed by atoms with van der Waals surface area (Å²) in [5.41, 5.74) is 0.578. The van der Waals surface area contributed by atoms with E-state index in [4.69, 9.17) is 0 Å². The molecular weight excluding hydrogens is 295 g/mol. The van der Waals surface area contributed by atoms with Crippen LogP contribution in [0.3, 0.4) is 0 Å². The van der Waals surface area contributed by atoms with Crippen LogP contribution in [-0.4, -0.2) is 24.0 Å². The van der Waals surface area contributed by atoms with Crippen molar-refractivity contribution in [3.8, 4) is 0 Å². The second kappa shape index (κ2) is 6.45.